The van der Waals surface area contributed by atoms with Gasteiger partial charge in [0.25, 0.3) is 0 Å². The van der Waals surface area contributed by atoms with Crippen molar-refractivity contribution in [3.63, 3.8) is 0 Å². The third-order valence-corrected chi connectivity index (χ3v) is 2.67. The van der Waals surface area contributed by atoms with Crippen LogP contribution in [0.1, 0.15) is 5.56 Å². The molecule has 0 radical (unpaired) electrons. The summed E-state index contributed by atoms with van der Waals surface area (Å²) in [6.07, 6.45) is 1.40. The van der Waals surface area contributed by atoms with Crippen molar-refractivity contribution >= 4 is 12.6 Å². The minimum Gasteiger partial charge on any atom is -0.423 e. The molecule has 0 bridgehead atoms. The summed E-state index contributed by atoms with van der Waals surface area (Å²) in [6, 6.07) is 5.23. The van der Waals surface area contributed by atoms with E-state index < -0.39 is 18.8 Å². The molecule has 2 rings (SSSR count). The molecule has 1 aromatic carbocycles. The number of pyridine rings is 1. The van der Waals surface area contributed by atoms with Crippen molar-refractivity contribution in [3.05, 3.63) is 47.7 Å². The van der Waals surface area contributed by atoms with E-state index in [0.717, 1.165) is 6.07 Å². The predicted octanol–water partition coefficient (Wildman–Crippen LogP) is 1.02. The van der Waals surface area contributed by atoms with Crippen LogP contribution in [0.4, 0.5) is 8.78 Å². The summed E-state index contributed by atoms with van der Waals surface area (Å²) in [6.45, 7) is 1.64. The average molecular weight is 249 g/mol. The van der Waals surface area contributed by atoms with Crippen molar-refractivity contribution in [1.29, 1.82) is 0 Å². The summed E-state index contributed by atoms with van der Waals surface area (Å²) in [4.78, 5) is 3.91. The molecular formula is C12H10BF2NO2. The molecule has 3 nitrogen and oxygen atoms in total. The number of nitrogens with zero attached hydrogens (tertiary/aromatic N) is 1. The Labute approximate surface area is 103 Å². The predicted molar refractivity (Wildman–Crippen MR) is 64.2 cm³/mol. The lowest BCUT2D eigenvalue weighted by molar-refractivity contribution is 0.425. The lowest BCUT2D eigenvalue weighted by atomic mass is 9.75. The molecule has 0 aliphatic heterocycles. The van der Waals surface area contributed by atoms with Gasteiger partial charge in [-0.15, -0.1) is 0 Å². The Bertz CT molecular complexity index is 590. The monoisotopic (exact) mass is 249 g/mol. The minimum absolute atomic E-state index is 0.0296. The van der Waals surface area contributed by atoms with E-state index in [9.17, 15) is 18.8 Å². The third-order valence-electron chi connectivity index (χ3n) is 2.67. The van der Waals surface area contributed by atoms with Crippen LogP contribution in [-0.4, -0.2) is 22.2 Å². The van der Waals surface area contributed by atoms with Crippen LogP contribution in [0.2, 0.25) is 0 Å². The molecule has 2 N–H and O–H groups in total. The zero-order valence-corrected chi connectivity index (χ0v) is 9.56. The molecule has 1 aromatic heterocycles. The van der Waals surface area contributed by atoms with Gasteiger partial charge in [0.1, 0.15) is 0 Å². The first-order chi connectivity index (χ1) is 8.52. The lowest BCUT2D eigenvalue weighted by Crippen LogP contribution is -2.34. The third kappa shape index (κ3) is 2.12. The molecule has 0 fully saturated rings. The number of benzene rings is 1. The Hall–Kier alpha value is -1.79. The van der Waals surface area contributed by atoms with E-state index in [-0.39, 0.29) is 16.7 Å². The first-order valence-electron chi connectivity index (χ1n) is 5.28. The van der Waals surface area contributed by atoms with Gasteiger partial charge < -0.3 is 10.0 Å². The quantitative estimate of drug-likeness (QED) is 0.781. The second kappa shape index (κ2) is 4.84. The fourth-order valence-corrected chi connectivity index (χ4v) is 1.80. The maximum absolute atomic E-state index is 13.7. The highest BCUT2D eigenvalue weighted by Crippen LogP contribution is 2.22. The standard InChI is InChI=1S/C12H10BF2NO2/c1-7-5-6-16-12(10(7)13(17)18)8-3-2-4-9(14)11(8)15/h2-6,17-18H,1H3. The zero-order valence-electron chi connectivity index (χ0n) is 9.56. The molecule has 0 amide bonds. The molecule has 0 aliphatic carbocycles. The molecule has 0 saturated carbocycles. The highest BCUT2D eigenvalue weighted by Gasteiger charge is 2.23. The van der Waals surface area contributed by atoms with E-state index in [0.29, 0.717) is 5.56 Å². The topological polar surface area (TPSA) is 53.4 Å². The second-order valence-corrected chi connectivity index (χ2v) is 3.87. The Morgan fingerprint density at radius 1 is 1.17 bits per heavy atom. The number of rotatable bonds is 2. The number of aromatic nitrogens is 1. The van der Waals surface area contributed by atoms with Gasteiger partial charge in [0, 0.05) is 17.2 Å². The Kier molecular flexibility index (Phi) is 3.40. The van der Waals surface area contributed by atoms with Crippen molar-refractivity contribution in [3.8, 4) is 11.3 Å². The number of hydrogen-bond acceptors (Lipinski definition) is 3. The Morgan fingerprint density at radius 2 is 1.89 bits per heavy atom. The van der Waals surface area contributed by atoms with Crippen LogP contribution < -0.4 is 5.46 Å². The van der Waals surface area contributed by atoms with Crippen LogP contribution in [0.15, 0.2) is 30.5 Å². The van der Waals surface area contributed by atoms with E-state index >= 15 is 0 Å². The molecule has 0 aliphatic rings. The molecule has 6 heteroatoms. The minimum atomic E-state index is -1.80. The summed E-state index contributed by atoms with van der Waals surface area (Å²) in [5, 5.41) is 18.6. The summed E-state index contributed by atoms with van der Waals surface area (Å²) in [5.74, 6) is -2.06. The smallest absolute Gasteiger partial charge is 0.423 e. The van der Waals surface area contributed by atoms with Gasteiger partial charge >= 0.3 is 7.12 Å². The van der Waals surface area contributed by atoms with Crippen LogP contribution >= 0.6 is 0 Å². The lowest BCUT2D eigenvalue weighted by Gasteiger charge is -2.11. The zero-order chi connectivity index (χ0) is 13.3. The molecule has 0 spiro atoms. The van der Waals surface area contributed by atoms with Gasteiger partial charge in [0.15, 0.2) is 11.6 Å². The second-order valence-electron chi connectivity index (χ2n) is 3.87. The Balaban J connectivity index is 2.72. The van der Waals surface area contributed by atoms with Gasteiger partial charge in [-0.05, 0) is 30.7 Å². The SMILES string of the molecule is Cc1ccnc(-c2cccc(F)c2F)c1B(O)O. The van der Waals surface area contributed by atoms with Crippen LogP contribution in [0, 0.1) is 18.6 Å². The van der Waals surface area contributed by atoms with Crippen LogP contribution in [0.5, 0.6) is 0 Å². The van der Waals surface area contributed by atoms with Gasteiger partial charge in [-0.2, -0.15) is 0 Å². The summed E-state index contributed by atoms with van der Waals surface area (Å²) in [5.41, 5.74) is 0.546. The average Bonchev–Trinajstić information content (AvgIpc) is 2.32. The van der Waals surface area contributed by atoms with Crippen molar-refractivity contribution in [2.75, 3.05) is 0 Å². The molecule has 0 saturated heterocycles. The fourth-order valence-electron chi connectivity index (χ4n) is 1.80. The van der Waals surface area contributed by atoms with E-state index in [2.05, 4.69) is 4.98 Å². The highest BCUT2D eigenvalue weighted by atomic mass is 19.2. The van der Waals surface area contributed by atoms with Gasteiger partial charge in [0.05, 0.1) is 5.69 Å². The maximum Gasteiger partial charge on any atom is 0.490 e. The first-order valence-corrected chi connectivity index (χ1v) is 5.28. The van der Waals surface area contributed by atoms with E-state index in [1.807, 2.05) is 0 Å². The summed E-state index contributed by atoms with van der Waals surface area (Å²) < 4.78 is 26.9. The van der Waals surface area contributed by atoms with Gasteiger partial charge in [-0.3, -0.25) is 4.98 Å². The molecule has 18 heavy (non-hydrogen) atoms. The molecule has 0 unspecified atom stereocenters. The number of hydrogen-bond donors (Lipinski definition) is 2. The number of aryl methyl sites for hydroxylation is 1. The molecule has 2 aromatic rings. The van der Waals surface area contributed by atoms with Crippen molar-refractivity contribution < 1.29 is 18.8 Å². The molecular weight excluding hydrogens is 239 g/mol. The van der Waals surface area contributed by atoms with E-state index in [4.69, 9.17) is 0 Å². The first kappa shape index (κ1) is 12.7. The largest absolute Gasteiger partial charge is 0.490 e. The molecule has 0 atom stereocenters. The van der Waals surface area contributed by atoms with Crippen molar-refractivity contribution in [2.24, 2.45) is 0 Å². The van der Waals surface area contributed by atoms with Crippen LogP contribution in [-0.2, 0) is 0 Å². The molecule has 1 heterocycles. The molecule has 92 valence electrons. The fraction of sp³-hybridized carbons (Fsp3) is 0.0833. The van der Waals surface area contributed by atoms with Gasteiger partial charge in [-0.25, -0.2) is 8.78 Å². The van der Waals surface area contributed by atoms with Crippen molar-refractivity contribution in [1.82, 2.24) is 4.98 Å². The summed E-state index contributed by atoms with van der Waals surface area (Å²) >= 11 is 0. The van der Waals surface area contributed by atoms with Crippen molar-refractivity contribution in [2.45, 2.75) is 6.92 Å². The highest BCUT2D eigenvalue weighted by molar-refractivity contribution is 6.61. The van der Waals surface area contributed by atoms with Gasteiger partial charge in [-0.1, -0.05) is 6.07 Å². The Morgan fingerprint density at radius 3 is 2.56 bits per heavy atom. The van der Waals surface area contributed by atoms with E-state index in [1.165, 1.54) is 18.3 Å². The van der Waals surface area contributed by atoms with Gasteiger partial charge in [0.2, 0.25) is 0 Å². The van der Waals surface area contributed by atoms with Crippen LogP contribution in [0.25, 0.3) is 11.3 Å². The van der Waals surface area contributed by atoms with E-state index in [1.54, 1.807) is 13.0 Å². The normalized spacial score (nSPS) is 10.5. The number of halogens is 2. The summed E-state index contributed by atoms with van der Waals surface area (Å²) in [7, 11) is -1.80. The van der Waals surface area contributed by atoms with Crippen LogP contribution in [0.3, 0.4) is 0 Å². The maximum atomic E-state index is 13.7.